The van der Waals surface area contributed by atoms with Crippen molar-refractivity contribution >= 4 is 11.8 Å². The minimum atomic E-state index is -0.633. The summed E-state index contributed by atoms with van der Waals surface area (Å²) in [6.07, 6.45) is 1.31. The summed E-state index contributed by atoms with van der Waals surface area (Å²) < 4.78 is 52.4. The summed E-state index contributed by atoms with van der Waals surface area (Å²) in [7, 11) is 0. The van der Waals surface area contributed by atoms with Gasteiger partial charge >= 0.3 is 6.03 Å². The number of aromatic nitrogens is 1. The first-order valence-corrected chi connectivity index (χ1v) is 9.96. The zero-order valence-corrected chi connectivity index (χ0v) is 16.8. The molecule has 0 bridgehead atoms. The van der Waals surface area contributed by atoms with Crippen LogP contribution in [0, 0.1) is 34.7 Å². The van der Waals surface area contributed by atoms with Crippen LogP contribution < -0.4 is 20.1 Å². The SMILES string of the molecule is N#Cc1ccc(F)cc1Oc1ccc(NC(=O)NC2C3COc4c(F)ccc(F)c4C32)nc1. The summed E-state index contributed by atoms with van der Waals surface area (Å²) in [5.74, 6) is -1.88. The summed E-state index contributed by atoms with van der Waals surface area (Å²) in [4.78, 5) is 16.5. The number of nitrogens with zero attached hydrogens (tertiary/aromatic N) is 2. The second-order valence-corrected chi connectivity index (χ2v) is 7.63. The Kier molecular flexibility index (Phi) is 5.01. The molecule has 1 saturated carbocycles. The van der Waals surface area contributed by atoms with E-state index in [4.69, 9.17) is 14.7 Å². The maximum absolute atomic E-state index is 14.2. The summed E-state index contributed by atoms with van der Waals surface area (Å²) in [5.41, 5.74) is 0.302. The number of carbonyl (C=O) groups excluding carboxylic acids is 1. The molecule has 1 aliphatic carbocycles. The fraction of sp³-hybridized carbons (Fsp3) is 0.174. The fourth-order valence-corrected chi connectivity index (χ4v) is 3.98. The van der Waals surface area contributed by atoms with Crippen molar-refractivity contribution in [1.82, 2.24) is 10.3 Å². The molecular weight excluding hydrogens is 437 g/mol. The van der Waals surface area contributed by atoms with Crippen LogP contribution in [0.25, 0.3) is 0 Å². The maximum Gasteiger partial charge on any atom is 0.320 e. The molecule has 2 aliphatic rings. The Morgan fingerprint density at radius 1 is 1.15 bits per heavy atom. The average molecular weight is 452 g/mol. The molecule has 3 atom stereocenters. The molecule has 5 rings (SSSR count). The number of benzene rings is 2. The number of ether oxygens (including phenoxy) is 2. The molecule has 1 fully saturated rings. The van der Waals surface area contributed by atoms with Crippen molar-refractivity contribution in [3.63, 3.8) is 0 Å². The van der Waals surface area contributed by atoms with Crippen molar-refractivity contribution in [2.45, 2.75) is 12.0 Å². The van der Waals surface area contributed by atoms with Gasteiger partial charge in [-0.05, 0) is 36.4 Å². The maximum atomic E-state index is 14.2. The number of hydrogen-bond acceptors (Lipinski definition) is 5. The second kappa shape index (κ2) is 8.02. The van der Waals surface area contributed by atoms with E-state index >= 15 is 0 Å². The Morgan fingerprint density at radius 2 is 1.97 bits per heavy atom. The highest BCUT2D eigenvalue weighted by Crippen LogP contribution is 2.55. The second-order valence-electron chi connectivity index (χ2n) is 7.63. The Hall–Kier alpha value is -4.26. The molecule has 2 heterocycles. The van der Waals surface area contributed by atoms with Crippen LogP contribution in [0.3, 0.4) is 0 Å². The summed E-state index contributed by atoms with van der Waals surface area (Å²) in [6.45, 7) is 0.179. The van der Waals surface area contributed by atoms with Gasteiger partial charge < -0.3 is 14.8 Å². The Bertz CT molecular complexity index is 1290. The predicted octanol–water partition coefficient (Wildman–Crippen LogP) is 4.46. The number of amides is 2. The van der Waals surface area contributed by atoms with Crippen LogP contribution in [0.15, 0.2) is 48.7 Å². The molecule has 1 aliphatic heterocycles. The van der Waals surface area contributed by atoms with Crippen LogP contribution in [0.1, 0.15) is 17.0 Å². The highest BCUT2D eigenvalue weighted by molar-refractivity contribution is 5.89. The van der Waals surface area contributed by atoms with Crippen molar-refractivity contribution < 1.29 is 27.4 Å². The topological polar surface area (TPSA) is 96.3 Å². The Morgan fingerprint density at radius 3 is 2.73 bits per heavy atom. The van der Waals surface area contributed by atoms with Gasteiger partial charge in [-0.2, -0.15) is 5.26 Å². The van der Waals surface area contributed by atoms with E-state index in [1.54, 1.807) is 0 Å². The minimum Gasteiger partial charge on any atom is -0.490 e. The van der Waals surface area contributed by atoms with Crippen LogP contribution in [0.4, 0.5) is 23.8 Å². The number of halogens is 3. The van der Waals surface area contributed by atoms with Crippen LogP contribution in [0.5, 0.6) is 17.2 Å². The normalized spacial score (nSPS) is 19.9. The summed E-state index contributed by atoms with van der Waals surface area (Å²) >= 11 is 0. The van der Waals surface area contributed by atoms with Crippen LogP contribution in [-0.2, 0) is 0 Å². The zero-order chi connectivity index (χ0) is 23.1. The average Bonchev–Trinajstić information content (AvgIpc) is 3.50. The first-order valence-electron chi connectivity index (χ1n) is 9.96. The molecule has 166 valence electrons. The fourth-order valence-electron chi connectivity index (χ4n) is 3.98. The number of pyridine rings is 1. The highest BCUT2D eigenvalue weighted by atomic mass is 19.1. The van der Waals surface area contributed by atoms with Crippen molar-refractivity contribution in [3.8, 4) is 23.3 Å². The lowest BCUT2D eigenvalue weighted by Crippen LogP contribution is -2.32. The molecule has 3 unspecified atom stereocenters. The van der Waals surface area contributed by atoms with Crippen LogP contribution in [0.2, 0.25) is 0 Å². The molecule has 0 saturated heterocycles. The molecule has 1 aromatic heterocycles. The molecule has 0 spiro atoms. The van der Waals surface area contributed by atoms with Crippen molar-refractivity contribution in [3.05, 3.63) is 77.2 Å². The monoisotopic (exact) mass is 452 g/mol. The van der Waals surface area contributed by atoms with Gasteiger partial charge in [-0.1, -0.05) is 0 Å². The molecule has 2 N–H and O–H groups in total. The number of anilines is 1. The number of hydrogen-bond donors (Lipinski definition) is 2. The van der Waals surface area contributed by atoms with E-state index in [1.807, 2.05) is 6.07 Å². The number of carbonyl (C=O) groups is 1. The molecular formula is C23H15F3N4O3. The quantitative estimate of drug-likeness (QED) is 0.610. The van der Waals surface area contributed by atoms with Crippen LogP contribution in [-0.4, -0.2) is 23.7 Å². The number of rotatable bonds is 4. The van der Waals surface area contributed by atoms with Gasteiger partial charge in [0.25, 0.3) is 0 Å². The molecule has 3 aromatic rings. The third-order valence-electron chi connectivity index (χ3n) is 5.58. The lowest BCUT2D eigenvalue weighted by Gasteiger charge is -2.16. The third kappa shape index (κ3) is 3.89. The Labute approximate surface area is 185 Å². The summed E-state index contributed by atoms with van der Waals surface area (Å²) in [5, 5.41) is 14.4. The predicted molar refractivity (Wildman–Crippen MR) is 109 cm³/mol. The van der Waals surface area contributed by atoms with Gasteiger partial charge in [-0.3, -0.25) is 5.32 Å². The largest absolute Gasteiger partial charge is 0.490 e. The summed E-state index contributed by atoms with van der Waals surface area (Å²) in [6, 6.07) is 9.51. The van der Waals surface area contributed by atoms with Crippen molar-refractivity contribution in [2.24, 2.45) is 5.92 Å². The first kappa shape index (κ1) is 20.6. The highest BCUT2D eigenvalue weighted by Gasteiger charge is 2.57. The van der Waals surface area contributed by atoms with Crippen molar-refractivity contribution in [1.29, 1.82) is 5.26 Å². The van der Waals surface area contributed by atoms with Gasteiger partial charge in [0.15, 0.2) is 11.6 Å². The van der Waals surface area contributed by atoms with E-state index < -0.39 is 29.5 Å². The molecule has 2 aromatic carbocycles. The molecule has 7 nitrogen and oxygen atoms in total. The number of fused-ring (bicyclic) bond motifs is 3. The van der Waals surface area contributed by atoms with Crippen molar-refractivity contribution in [2.75, 3.05) is 11.9 Å². The molecule has 0 radical (unpaired) electrons. The van der Waals surface area contributed by atoms with E-state index in [9.17, 15) is 18.0 Å². The van der Waals surface area contributed by atoms with Gasteiger partial charge in [0.1, 0.15) is 35.0 Å². The zero-order valence-electron chi connectivity index (χ0n) is 16.8. The Balaban J connectivity index is 1.22. The van der Waals surface area contributed by atoms with E-state index in [2.05, 4.69) is 15.6 Å². The molecule has 33 heavy (non-hydrogen) atoms. The van der Waals surface area contributed by atoms with Gasteiger partial charge in [-0.15, -0.1) is 0 Å². The number of nitriles is 1. The van der Waals surface area contributed by atoms with E-state index in [0.717, 1.165) is 24.3 Å². The minimum absolute atomic E-state index is 0.0419. The molecule has 10 heteroatoms. The van der Waals surface area contributed by atoms with Gasteiger partial charge in [0, 0.05) is 29.5 Å². The van der Waals surface area contributed by atoms with Crippen LogP contribution >= 0.6 is 0 Å². The van der Waals surface area contributed by atoms with E-state index in [1.165, 1.54) is 24.4 Å². The van der Waals surface area contributed by atoms with E-state index in [-0.39, 0.29) is 52.6 Å². The standard InChI is InChI=1S/C23H15F3N4O3/c24-12-2-1-11(8-27)17(7-12)33-13-3-6-18(28-9-13)29-23(31)30-21-14-10-32-22-16(26)5-4-15(25)20(22)19(14)21/h1-7,9,14,19,21H,10H2,(H2,28,29,30,31). The smallest absolute Gasteiger partial charge is 0.320 e. The number of urea groups is 1. The lowest BCUT2D eigenvalue weighted by molar-refractivity contribution is 0.247. The molecule has 2 amide bonds. The van der Waals surface area contributed by atoms with E-state index in [0.29, 0.717) is 0 Å². The third-order valence-corrected chi connectivity index (χ3v) is 5.58. The van der Waals surface area contributed by atoms with Gasteiger partial charge in [0.2, 0.25) is 0 Å². The number of nitrogens with one attached hydrogen (secondary N) is 2. The van der Waals surface area contributed by atoms with Gasteiger partial charge in [-0.25, -0.2) is 22.9 Å². The lowest BCUT2D eigenvalue weighted by atomic mass is 10.0. The first-order chi connectivity index (χ1) is 15.9. The van der Waals surface area contributed by atoms with Gasteiger partial charge in [0.05, 0.1) is 18.4 Å².